The third kappa shape index (κ3) is 4.76. The van der Waals surface area contributed by atoms with Crippen molar-refractivity contribution in [2.24, 2.45) is 5.41 Å². The molecule has 0 N–H and O–H groups in total. The van der Waals surface area contributed by atoms with Crippen molar-refractivity contribution in [1.82, 2.24) is 4.90 Å². The average Bonchev–Trinajstić information content (AvgIpc) is 2.35. The topological polar surface area (TPSA) is 54.5 Å². The van der Waals surface area contributed by atoms with Gasteiger partial charge >= 0.3 is 0 Å². The van der Waals surface area contributed by atoms with Gasteiger partial charge in [-0.15, -0.1) is 0 Å². The second kappa shape index (κ2) is 6.59. The van der Waals surface area contributed by atoms with Gasteiger partial charge in [-0.1, -0.05) is 27.7 Å². The van der Waals surface area contributed by atoms with E-state index >= 15 is 0 Å². The lowest BCUT2D eigenvalue weighted by Crippen LogP contribution is -2.48. The molecule has 1 aliphatic rings. The van der Waals surface area contributed by atoms with Crippen LogP contribution in [0, 0.1) is 5.41 Å². The fourth-order valence-electron chi connectivity index (χ4n) is 2.01. The molecule has 0 radical (unpaired) electrons. The number of carbonyl (C=O) groups is 1. The highest BCUT2D eigenvalue weighted by molar-refractivity contribution is 8.01. The Morgan fingerprint density at radius 2 is 2.00 bits per heavy atom. The van der Waals surface area contributed by atoms with Crippen LogP contribution in [0.3, 0.4) is 0 Å². The first-order chi connectivity index (χ1) is 8.68. The van der Waals surface area contributed by atoms with E-state index in [-0.39, 0.29) is 17.0 Å². The van der Waals surface area contributed by atoms with Crippen LogP contribution in [0.1, 0.15) is 34.1 Å². The summed E-state index contributed by atoms with van der Waals surface area (Å²) in [6.07, 6.45) is 0.434. The largest absolute Gasteiger partial charge is 0.299 e. The van der Waals surface area contributed by atoms with Crippen molar-refractivity contribution < 1.29 is 13.2 Å². The van der Waals surface area contributed by atoms with E-state index in [4.69, 9.17) is 0 Å². The SMILES string of the molecule is CCS(=O)(=O)C1CSCCN1CCC(=O)C(C)(C)C. The van der Waals surface area contributed by atoms with E-state index in [1.807, 2.05) is 25.7 Å². The lowest BCUT2D eigenvalue weighted by atomic mass is 9.89. The Labute approximate surface area is 121 Å². The molecular weight excluding hydrogens is 282 g/mol. The predicted octanol–water partition coefficient (Wildman–Crippen LogP) is 1.80. The Balaban J connectivity index is 2.67. The van der Waals surface area contributed by atoms with Crippen molar-refractivity contribution in [1.29, 1.82) is 0 Å². The van der Waals surface area contributed by atoms with Crippen LogP contribution in [-0.4, -0.2) is 54.8 Å². The predicted molar refractivity (Wildman–Crippen MR) is 81.2 cm³/mol. The van der Waals surface area contributed by atoms with Crippen LogP contribution in [-0.2, 0) is 14.6 Å². The summed E-state index contributed by atoms with van der Waals surface area (Å²) in [6.45, 7) is 8.71. The van der Waals surface area contributed by atoms with Gasteiger partial charge in [0.15, 0.2) is 9.84 Å². The zero-order valence-corrected chi connectivity index (χ0v) is 13.9. The Morgan fingerprint density at radius 1 is 1.37 bits per heavy atom. The zero-order valence-electron chi connectivity index (χ0n) is 12.3. The van der Waals surface area contributed by atoms with Gasteiger partial charge in [0.1, 0.15) is 11.2 Å². The first-order valence-electron chi connectivity index (χ1n) is 6.75. The third-order valence-electron chi connectivity index (χ3n) is 3.47. The molecule has 19 heavy (non-hydrogen) atoms. The van der Waals surface area contributed by atoms with Gasteiger partial charge in [0, 0.05) is 42.2 Å². The van der Waals surface area contributed by atoms with Crippen LogP contribution >= 0.6 is 11.8 Å². The maximum absolute atomic E-state index is 12.1. The van der Waals surface area contributed by atoms with Gasteiger partial charge < -0.3 is 0 Å². The minimum Gasteiger partial charge on any atom is -0.299 e. The number of thioether (sulfide) groups is 1. The van der Waals surface area contributed by atoms with Gasteiger partial charge in [0.2, 0.25) is 0 Å². The average molecular weight is 307 g/mol. The summed E-state index contributed by atoms with van der Waals surface area (Å²) >= 11 is 1.68. The summed E-state index contributed by atoms with van der Waals surface area (Å²) in [5.41, 5.74) is -0.344. The summed E-state index contributed by atoms with van der Waals surface area (Å²) in [6, 6.07) is 0. The van der Waals surface area contributed by atoms with Crippen LogP contribution in [0.15, 0.2) is 0 Å². The Kier molecular flexibility index (Phi) is 5.89. The number of nitrogens with zero attached hydrogens (tertiary/aromatic N) is 1. The molecule has 0 aromatic carbocycles. The van der Waals surface area contributed by atoms with Crippen LogP contribution in [0.25, 0.3) is 0 Å². The van der Waals surface area contributed by atoms with E-state index in [0.29, 0.717) is 18.7 Å². The molecule has 0 spiro atoms. The van der Waals surface area contributed by atoms with Gasteiger partial charge in [-0.3, -0.25) is 9.69 Å². The van der Waals surface area contributed by atoms with Crippen molar-refractivity contribution in [2.45, 2.75) is 39.5 Å². The molecule has 1 fully saturated rings. The molecule has 1 atom stereocenters. The van der Waals surface area contributed by atoms with E-state index in [0.717, 1.165) is 12.3 Å². The molecule has 0 amide bonds. The molecule has 1 unspecified atom stereocenters. The number of Topliss-reactive ketones (excluding diaryl/α,β-unsaturated/α-hetero) is 1. The lowest BCUT2D eigenvalue weighted by molar-refractivity contribution is -0.126. The maximum Gasteiger partial charge on any atom is 0.166 e. The van der Waals surface area contributed by atoms with Crippen molar-refractivity contribution in [2.75, 3.05) is 30.3 Å². The molecule has 0 aromatic rings. The summed E-state index contributed by atoms with van der Waals surface area (Å²) in [4.78, 5) is 13.9. The van der Waals surface area contributed by atoms with Gasteiger partial charge in [0.25, 0.3) is 0 Å². The van der Waals surface area contributed by atoms with Gasteiger partial charge in [-0.2, -0.15) is 11.8 Å². The number of hydrogen-bond donors (Lipinski definition) is 0. The van der Waals surface area contributed by atoms with Crippen LogP contribution in [0.2, 0.25) is 0 Å². The van der Waals surface area contributed by atoms with E-state index < -0.39 is 15.2 Å². The first-order valence-corrected chi connectivity index (χ1v) is 9.62. The number of ketones is 1. The molecule has 0 aliphatic carbocycles. The van der Waals surface area contributed by atoms with E-state index in [2.05, 4.69) is 0 Å². The van der Waals surface area contributed by atoms with E-state index in [1.165, 1.54) is 0 Å². The summed E-state index contributed by atoms with van der Waals surface area (Å²) < 4.78 is 24.1. The normalized spacial score (nSPS) is 22.4. The molecule has 1 saturated heterocycles. The Morgan fingerprint density at radius 3 is 2.53 bits per heavy atom. The molecule has 4 nitrogen and oxygen atoms in total. The smallest absolute Gasteiger partial charge is 0.166 e. The van der Waals surface area contributed by atoms with Crippen LogP contribution in [0.5, 0.6) is 0 Å². The quantitative estimate of drug-likeness (QED) is 0.775. The van der Waals surface area contributed by atoms with Gasteiger partial charge in [-0.05, 0) is 0 Å². The highest BCUT2D eigenvalue weighted by Gasteiger charge is 2.33. The second-order valence-corrected chi connectivity index (χ2v) is 9.54. The Hall–Kier alpha value is -0.0700. The molecule has 6 heteroatoms. The second-order valence-electron chi connectivity index (χ2n) is 5.94. The number of carbonyl (C=O) groups excluding carboxylic acids is 1. The van der Waals surface area contributed by atoms with Crippen LogP contribution in [0.4, 0.5) is 0 Å². The van der Waals surface area contributed by atoms with Crippen molar-refractivity contribution in [3.05, 3.63) is 0 Å². The van der Waals surface area contributed by atoms with E-state index in [9.17, 15) is 13.2 Å². The third-order valence-corrected chi connectivity index (χ3v) is 6.80. The molecule has 1 rings (SSSR count). The monoisotopic (exact) mass is 307 g/mol. The fourth-order valence-corrected chi connectivity index (χ4v) is 5.13. The van der Waals surface area contributed by atoms with Gasteiger partial charge in [-0.25, -0.2) is 8.42 Å². The number of rotatable bonds is 5. The molecular formula is C13H25NO3S2. The van der Waals surface area contributed by atoms with Crippen molar-refractivity contribution in [3.8, 4) is 0 Å². The van der Waals surface area contributed by atoms with Crippen molar-refractivity contribution >= 4 is 27.4 Å². The molecule has 1 heterocycles. The minimum absolute atomic E-state index is 0.169. The fraction of sp³-hybridized carbons (Fsp3) is 0.923. The molecule has 1 aliphatic heterocycles. The summed E-state index contributed by atoms with van der Waals surface area (Å²) in [5, 5.41) is -0.413. The highest BCUT2D eigenvalue weighted by atomic mass is 32.2. The standard InChI is InChI=1S/C13H25NO3S2/c1-5-19(16,17)12-10-18-9-8-14(12)7-6-11(15)13(2,3)4/h12H,5-10H2,1-4H3. The maximum atomic E-state index is 12.1. The lowest BCUT2D eigenvalue weighted by Gasteiger charge is -2.34. The van der Waals surface area contributed by atoms with E-state index in [1.54, 1.807) is 18.7 Å². The molecule has 0 saturated carbocycles. The highest BCUT2D eigenvalue weighted by Crippen LogP contribution is 2.23. The molecule has 0 aromatic heterocycles. The first kappa shape index (κ1) is 17.0. The van der Waals surface area contributed by atoms with Crippen molar-refractivity contribution in [3.63, 3.8) is 0 Å². The summed E-state index contributed by atoms with van der Waals surface area (Å²) in [7, 11) is -3.06. The molecule has 112 valence electrons. The van der Waals surface area contributed by atoms with Crippen LogP contribution < -0.4 is 0 Å². The minimum atomic E-state index is -3.06. The zero-order chi connectivity index (χ0) is 14.7. The number of sulfone groups is 1. The summed E-state index contributed by atoms with van der Waals surface area (Å²) in [5.74, 6) is 1.93. The Bertz CT molecular complexity index is 412. The molecule has 0 bridgehead atoms. The van der Waals surface area contributed by atoms with Gasteiger partial charge in [0.05, 0.1) is 0 Å². The number of hydrogen-bond acceptors (Lipinski definition) is 5.